The van der Waals surface area contributed by atoms with Crippen LogP contribution in [0.15, 0.2) is 44.9 Å². The van der Waals surface area contributed by atoms with Crippen molar-refractivity contribution in [2.45, 2.75) is 6.54 Å². The Morgan fingerprint density at radius 1 is 1.50 bits per heavy atom. The highest BCUT2D eigenvalue weighted by Gasteiger charge is 2.04. The molecule has 2 aromatic rings. The fourth-order valence-electron chi connectivity index (χ4n) is 1.43. The van der Waals surface area contributed by atoms with Crippen molar-refractivity contribution in [2.75, 3.05) is 0 Å². The van der Waals surface area contributed by atoms with Crippen molar-refractivity contribution in [1.82, 2.24) is 9.55 Å². The molecule has 0 aliphatic carbocycles. The van der Waals surface area contributed by atoms with Crippen LogP contribution in [-0.2, 0) is 6.54 Å². The van der Waals surface area contributed by atoms with Gasteiger partial charge in [-0.15, -0.1) is 0 Å². The molecule has 0 fully saturated rings. The Kier molecular flexibility index (Phi) is 3.25. The first-order chi connectivity index (χ1) is 7.58. The predicted octanol–water partition coefficient (Wildman–Crippen LogP) is 3.07. The van der Waals surface area contributed by atoms with Crippen LogP contribution in [0, 0.1) is 0 Å². The molecule has 0 amide bonds. The van der Waals surface area contributed by atoms with E-state index in [0.717, 1.165) is 8.96 Å². The maximum Gasteiger partial charge on any atom is 0.261 e. The van der Waals surface area contributed by atoms with Gasteiger partial charge >= 0.3 is 0 Å². The summed E-state index contributed by atoms with van der Waals surface area (Å²) >= 11 is 6.58. The summed E-state index contributed by atoms with van der Waals surface area (Å²) in [5.74, 6) is 0. The second-order valence-electron chi connectivity index (χ2n) is 3.36. The molecule has 0 atom stereocenters. The molecule has 0 saturated heterocycles. The number of hydrogen-bond acceptors (Lipinski definition) is 2. The Balaban J connectivity index is 2.66. The average molecular weight is 344 g/mol. The topological polar surface area (TPSA) is 34.9 Å². The van der Waals surface area contributed by atoms with Crippen molar-refractivity contribution >= 4 is 42.8 Å². The fraction of sp³-hybridized carbons (Fsp3) is 0.0909. The van der Waals surface area contributed by atoms with Crippen LogP contribution in [-0.4, -0.2) is 9.55 Å². The Hall–Kier alpha value is -0.940. The zero-order valence-corrected chi connectivity index (χ0v) is 11.5. The third kappa shape index (κ3) is 2.25. The number of rotatable bonds is 2. The lowest BCUT2D eigenvalue weighted by Gasteiger charge is -2.05. The molecular formula is C11H8Br2N2O. The summed E-state index contributed by atoms with van der Waals surface area (Å²) < 4.78 is 3.18. The molecule has 0 aliphatic heterocycles. The summed E-state index contributed by atoms with van der Waals surface area (Å²) in [6.07, 6.45) is 1.53. The van der Waals surface area contributed by atoms with E-state index in [9.17, 15) is 4.79 Å². The van der Waals surface area contributed by atoms with E-state index in [4.69, 9.17) is 0 Å². The fourth-order valence-corrected chi connectivity index (χ4v) is 2.05. The Morgan fingerprint density at radius 2 is 2.25 bits per heavy atom. The summed E-state index contributed by atoms with van der Waals surface area (Å²) in [5, 5.41) is 0.611. The molecule has 0 bridgehead atoms. The quantitative estimate of drug-likeness (QED) is 0.839. The minimum atomic E-state index is -0.0573. The molecule has 0 saturated carbocycles. The number of aromatic nitrogens is 2. The Bertz CT molecular complexity index is 619. The van der Waals surface area contributed by atoms with Gasteiger partial charge in [-0.25, -0.2) is 4.98 Å². The predicted molar refractivity (Wildman–Crippen MR) is 71.8 cm³/mol. The first kappa shape index (κ1) is 11.5. The molecule has 0 aliphatic rings. The van der Waals surface area contributed by atoms with Crippen LogP contribution >= 0.6 is 31.9 Å². The molecule has 3 nitrogen and oxygen atoms in total. The minimum absolute atomic E-state index is 0.0573. The number of benzene rings is 1. The Morgan fingerprint density at radius 3 is 2.94 bits per heavy atom. The number of allylic oxidation sites excluding steroid dienone is 1. The standard InChI is InChI=1S/C11H8Br2N2O/c1-7(12)5-15-6-14-10-4-8(13)2-3-9(10)11(15)16/h2-4,6H,1,5H2. The van der Waals surface area contributed by atoms with Crippen LogP contribution in [0.4, 0.5) is 0 Å². The van der Waals surface area contributed by atoms with Crippen LogP contribution in [0.2, 0.25) is 0 Å². The highest BCUT2D eigenvalue weighted by atomic mass is 79.9. The van der Waals surface area contributed by atoms with Crippen LogP contribution in [0.1, 0.15) is 0 Å². The van der Waals surface area contributed by atoms with Gasteiger partial charge in [0.1, 0.15) is 0 Å². The van der Waals surface area contributed by atoms with Gasteiger partial charge in [-0.05, 0) is 18.2 Å². The smallest absolute Gasteiger partial charge is 0.261 e. The molecule has 0 spiro atoms. The van der Waals surface area contributed by atoms with Crippen LogP contribution in [0.25, 0.3) is 10.9 Å². The lowest BCUT2D eigenvalue weighted by atomic mass is 10.2. The Labute approximate surface area is 109 Å². The van der Waals surface area contributed by atoms with Gasteiger partial charge in [-0.3, -0.25) is 9.36 Å². The molecule has 0 radical (unpaired) electrons. The number of halogens is 2. The third-order valence-electron chi connectivity index (χ3n) is 2.13. The van der Waals surface area contributed by atoms with Crippen molar-refractivity contribution in [3.05, 3.63) is 50.4 Å². The summed E-state index contributed by atoms with van der Waals surface area (Å²) in [4.78, 5) is 16.2. The van der Waals surface area contributed by atoms with Crippen molar-refractivity contribution in [2.24, 2.45) is 0 Å². The maximum absolute atomic E-state index is 12.0. The number of hydrogen-bond donors (Lipinski definition) is 0. The van der Waals surface area contributed by atoms with Gasteiger partial charge in [0.2, 0.25) is 0 Å². The van der Waals surface area contributed by atoms with E-state index in [-0.39, 0.29) is 5.56 Å². The molecule has 2 rings (SSSR count). The normalized spacial score (nSPS) is 10.6. The van der Waals surface area contributed by atoms with E-state index in [1.165, 1.54) is 10.9 Å². The van der Waals surface area contributed by atoms with Gasteiger partial charge in [0.15, 0.2) is 0 Å². The third-order valence-corrected chi connectivity index (χ3v) is 2.87. The van der Waals surface area contributed by atoms with E-state index in [2.05, 4.69) is 43.4 Å². The highest BCUT2D eigenvalue weighted by molar-refractivity contribution is 9.11. The SMILES string of the molecule is C=C(Br)Cn1cnc2cc(Br)ccc2c1=O. The summed E-state index contributed by atoms with van der Waals surface area (Å²) in [7, 11) is 0. The summed E-state index contributed by atoms with van der Waals surface area (Å²) in [6, 6.07) is 5.42. The minimum Gasteiger partial charge on any atom is -0.294 e. The monoisotopic (exact) mass is 342 g/mol. The van der Waals surface area contributed by atoms with Crippen molar-refractivity contribution in [3.8, 4) is 0 Å². The number of fused-ring (bicyclic) bond motifs is 1. The van der Waals surface area contributed by atoms with Gasteiger partial charge in [0.05, 0.1) is 23.8 Å². The molecule has 82 valence electrons. The molecule has 1 heterocycles. The van der Waals surface area contributed by atoms with Gasteiger partial charge in [-0.2, -0.15) is 0 Å². The lowest BCUT2D eigenvalue weighted by Crippen LogP contribution is -2.20. The van der Waals surface area contributed by atoms with E-state index in [0.29, 0.717) is 17.4 Å². The van der Waals surface area contributed by atoms with Crippen LogP contribution in [0.5, 0.6) is 0 Å². The molecule has 1 aromatic carbocycles. The average Bonchev–Trinajstić information content (AvgIpc) is 2.22. The van der Waals surface area contributed by atoms with Crippen molar-refractivity contribution in [3.63, 3.8) is 0 Å². The molecule has 0 N–H and O–H groups in total. The lowest BCUT2D eigenvalue weighted by molar-refractivity contribution is 0.763. The van der Waals surface area contributed by atoms with E-state index in [1.54, 1.807) is 6.07 Å². The first-order valence-corrected chi connectivity index (χ1v) is 6.14. The first-order valence-electron chi connectivity index (χ1n) is 4.56. The largest absolute Gasteiger partial charge is 0.294 e. The van der Waals surface area contributed by atoms with Gasteiger partial charge < -0.3 is 0 Å². The molecule has 5 heteroatoms. The molecule has 0 unspecified atom stereocenters. The molecule has 16 heavy (non-hydrogen) atoms. The number of nitrogens with zero attached hydrogens (tertiary/aromatic N) is 2. The van der Waals surface area contributed by atoms with E-state index in [1.807, 2.05) is 12.1 Å². The zero-order valence-electron chi connectivity index (χ0n) is 8.28. The second kappa shape index (κ2) is 4.51. The zero-order chi connectivity index (χ0) is 11.7. The van der Waals surface area contributed by atoms with Crippen LogP contribution in [0.3, 0.4) is 0 Å². The van der Waals surface area contributed by atoms with Gasteiger partial charge in [0.25, 0.3) is 5.56 Å². The van der Waals surface area contributed by atoms with E-state index >= 15 is 0 Å². The van der Waals surface area contributed by atoms with Gasteiger partial charge in [0, 0.05) is 8.96 Å². The van der Waals surface area contributed by atoms with Crippen LogP contribution < -0.4 is 5.56 Å². The molecular weight excluding hydrogens is 336 g/mol. The van der Waals surface area contributed by atoms with Crippen molar-refractivity contribution < 1.29 is 0 Å². The molecule has 1 aromatic heterocycles. The van der Waals surface area contributed by atoms with E-state index < -0.39 is 0 Å². The van der Waals surface area contributed by atoms with Crippen molar-refractivity contribution in [1.29, 1.82) is 0 Å². The maximum atomic E-state index is 12.0. The summed E-state index contributed by atoms with van der Waals surface area (Å²) in [6.45, 7) is 4.14. The summed E-state index contributed by atoms with van der Waals surface area (Å²) in [5.41, 5.74) is 0.633. The highest BCUT2D eigenvalue weighted by Crippen LogP contribution is 2.15. The van der Waals surface area contributed by atoms with Gasteiger partial charge in [-0.1, -0.05) is 38.4 Å². The second-order valence-corrected chi connectivity index (χ2v) is 5.39.